The molecule has 0 spiro atoms. The first-order valence-electron chi connectivity index (χ1n) is 2.72. The second-order valence-electron chi connectivity index (χ2n) is 1.85. The summed E-state index contributed by atoms with van der Waals surface area (Å²) in [6.45, 7) is -0.355. The summed E-state index contributed by atoms with van der Waals surface area (Å²) in [4.78, 5) is 0. The van der Waals surface area contributed by atoms with E-state index in [0.29, 0.717) is 5.33 Å². The molecule has 0 aromatic rings. The molecular weight excluding hydrogens is 188 g/mol. The maximum atomic E-state index is 8.95. The third kappa shape index (κ3) is 3.15. The van der Waals surface area contributed by atoms with Gasteiger partial charge in [-0.2, -0.15) is 0 Å². The van der Waals surface area contributed by atoms with E-state index in [9.17, 15) is 0 Å². The minimum absolute atomic E-state index is 0.177. The van der Waals surface area contributed by atoms with Crippen LogP contribution in [0.3, 0.4) is 0 Å². The van der Waals surface area contributed by atoms with Crippen LogP contribution < -0.4 is 0 Å². The lowest BCUT2D eigenvalue weighted by molar-refractivity contribution is 0.0463. The lowest BCUT2D eigenvalue weighted by Gasteiger charge is -2.15. The maximum absolute atomic E-state index is 8.95. The largest absolute Gasteiger partial charge is 0.396 e. The van der Waals surface area contributed by atoms with E-state index in [1.54, 1.807) is 0 Å². The highest BCUT2D eigenvalue weighted by atomic mass is 79.9. The van der Waals surface area contributed by atoms with E-state index in [4.69, 9.17) is 15.3 Å². The summed E-state index contributed by atoms with van der Waals surface area (Å²) < 4.78 is 0. The first-order valence-corrected chi connectivity index (χ1v) is 3.84. The molecule has 0 aromatic carbocycles. The molecule has 0 saturated heterocycles. The smallest absolute Gasteiger partial charge is 0.0709 e. The Hall–Kier alpha value is 0.360. The third-order valence-corrected chi connectivity index (χ3v) is 1.83. The van der Waals surface area contributed by atoms with E-state index in [1.165, 1.54) is 0 Å². The van der Waals surface area contributed by atoms with Crippen molar-refractivity contribution in [2.75, 3.05) is 18.5 Å². The second kappa shape index (κ2) is 5.17. The van der Waals surface area contributed by atoms with Gasteiger partial charge in [-0.1, -0.05) is 15.9 Å². The number of alkyl halides is 1. The standard InChI is InChI=1S/C5H11BrO3/c6-1-5(9)4(2-7)3-8/h4-5,7-9H,1-3H2. The Morgan fingerprint density at radius 2 is 1.67 bits per heavy atom. The Morgan fingerprint density at radius 3 is 1.78 bits per heavy atom. The van der Waals surface area contributed by atoms with Crippen LogP contribution in [0.25, 0.3) is 0 Å². The van der Waals surface area contributed by atoms with E-state index in [2.05, 4.69) is 15.9 Å². The molecule has 0 fully saturated rings. The van der Waals surface area contributed by atoms with Crippen molar-refractivity contribution >= 4 is 15.9 Å². The highest BCUT2D eigenvalue weighted by molar-refractivity contribution is 9.09. The van der Waals surface area contributed by atoms with E-state index in [0.717, 1.165) is 0 Å². The summed E-state index contributed by atoms with van der Waals surface area (Å²) >= 11 is 3.02. The minimum atomic E-state index is -0.653. The van der Waals surface area contributed by atoms with Gasteiger partial charge < -0.3 is 15.3 Å². The summed E-state index contributed by atoms with van der Waals surface area (Å²) in [5.74, 6) is -0.413. The van der Waals surface area contributed by atoms with Crippen LogP contribution in [-0.2, 0) is 0 Å². The van der Waals surface area contributed by atoms with Gasteiger partial charge in [0.2, 0.25) is 0 Å². The molecule has 4 heteroatoms. The van der Waals surface area contributed by atoms with Crippen LogP contribution in [0.1, 0.15) is 0 Å². The van der Waals surface area contributed by atoms with Crippen molar-refractivity contribution in [1.82, 2.24) is 0 Å². The van der Waals surface area contributed by atoms with Gasteiger partial charge in [0.05, 0.1) is 19.3 Å². The van der Waals surface area contributed by atoms with Crippen molar-refractivity contribution in [3.05, 3.63) is 0 Å². The van der Waals surface area contributed by atoms with E-state index in [-0.39, 0.29) is 13.2 Å². The Bertz CT molecular complexity index is 65.2. The molecule has 0 radical (unpaired) electrons. The van der Waals surface area contributed by atoms with Crippen molar-refractivity contribution in [1.29, 1.82) is 0 Å². The number of hydrogen-bond acceptors (Lipinski definition) is 3. The van der Waals surface area contributed by atoms with Crippen LogP contribution in [0.4, 0.5) is 0 Å². The molecule has 0 aliphatic heterocycles. The molecule has 0 bridgehead atoms. The first kappa shape index (κ1) is 9.36. The predicted molar refractivity (Wildman–Crippen MR) is 37.5 cm³/mol. The molecule has 0 aromatic heterocycles. The Balaban J connectivity index is 3.50. The van der Waals surface area contributed by atoms with Crippen molar-refractivity contribution in [2.24, 2.45) is 5.92 Å². The molecule has 56 valence electrons. The van der Waals surface area contributed by atoms with E-state index >= 15 is 0 Å². The Kier molecular flexibility index (Phi) is 5.38. The van der Waals surface area contributed by atoms with Crippen molar-refractivity contribution in [2.45, 2.75) is 6.10 Å². The molecule has 3 nitrogen and oxygen atoms in total. The van der Waals surface area contributed by atoms with Crippen molar-refractivity contribution in [3.63, 3.8) is 0 Å². The van der Waals surface area contributed by atoms with Crippen LogP contribution in [0.15, 0.2) is 0 Å². The number of aliphatic hydroxyl groups excluding tert-OH is 3. The number of aliphatic hydroxyl groups is 3. The van der Waals surface area contributed by atoms with Gasteiger partial charge in [-0.05, 0) is 0 Å². The summed E-state index contributed by atoms with van der Waals surface area (Å²) in [6.07, 6.45) is -0.653. The molecule has 0 aliphatic rings. The highest BCUT2D eigenvalue weighted by Crippen LogP contribution is 2.04. The summed E-state index contributed by atoms with van der Waals surface area (Å²) in [7, 11) is 0. The fourth-order valence-electron chi connectivity index (χ4n) is 0.427. The number of hydrogen-bond donors (Lipinski definition) is 3. The fraction of sp³-hybridized carbons (Fsp3) is 1.00. The molecular formula is C5H11BrO3. The van der Waals surface area contributed by atoms with Crippen molar-refractivity contribution < 1.29 is 15.3 Å². The van der Waals surface area contributed by atoms with Gasteiger partial charge in [0.25, 0.3) is 0 Å². The Morgan fingerprint density at radius 1 is 1.22 bits per heavy atom. The van der Waals surface area contributed by atoms with Crippen LogP contribution in [0.5, 0.6) is 0 Å². The molecule has 0 aliphatic carbocycles. The first-order chi connectivity index (χ1) is 4.26. The van der Waals surface area contributed by atoms with Crippen LogP contribution in [-0.4, -0.2) is 40.0 Å². The van der Waals surface area contributed by atoms with Gasteiger partial charge in [0, 0.05) is 11.2 Å². The topological polar surface area (TPSA) is 60.7 Å². The molecule has 9 heavy (non-hydrogen) atoms. The molecule has 3 N–H and O–H groups in total. The summed E-state index contributed by atoms with van der Waals surface area (Å²) in [6, 6.07) is 0. The van der Waals surface area contributed by atoms with Gasteiger partial charge in [0.15, 0.2) is 0 Å². The average molecular weight is 199 g/mol. The van der Waals surface area contributed by atoms with Crippen LogP contribution >= 0.6 is 15.9 Å². The monoisotopic (exact) mass is 198 g/mol. The van der Waals surface area contributed by atoms with Crippen LogP contribution in [0, 0.1) is 5.92 Å². The lowest BCUT2D eigenvalue weighted by Crippen LogP contribution is -2.28. The zero-order valence-electron chi connectivity index (χ0n) is 5.00. The fourth-order valence-corrected chi connectivity index (χ4v) is 0.956. The van der Waals surface area contributed by atoms with Crippen LogP contribution in [0.2, 0.25) is 0 Å². The second-order valence-corrected chi connectivity index (χ2v) is 2.49. The Labute approximate surface area is 62.4 Å². The van der Waals surface area contributed by atoms with E-state index < -0.39 is 12.0 Å². The number of rotatable bonds is 4. The summed E-state index contributed by atoms with van der Waals surface area (Å²) in [5.41, 5.74) is 0. The maximum Gasteiger partial charge on any atom is 0.0709 e. The molecule has 0 rings (SSSR count). The van der Waals surface area contributed by atoms with Gasteiger partial charge >= 0.3 is 0 Å². The zero-order chi connectivity index (χ0) is 7.28. The van der Waals surface area contributed by atoms with Gasteiger partial charge in [-0.3, -0.25) is 0 Å². The molecule has 0 saturated carbocycles. The van der Waals surface area contributed by atoms with Gasteiger partial charge in [0.1, 0.15) is 0 Å². The van der Waals surface area contributed by atoms with E-state index in [1.807, 2.05) is 0 Å². The van der Waals surface area contributed by atoms with Gasteiger partial charge in [-0.25, -0.2) is 0 Å². The SMILES string of the molecule is OCC(CO)C(O)CBr. The summed E-state index contributed by atoms with van der Waals surface area (Å²) in [5, 5.41) is 26.3. The molecule has 0 heterocycles. The lowest BCUT2D eigenvalue weighted by atomic mass is 10.1. The number of halogens is 1. The quantitative estimate of drug-likeness (QED) is 0.527. The zero-order valence-corrected chi connectivity index (χ0v) is 6.58. The van der Waals surface area contributed by atoms with Gasteiger partial charge in [-0.15, -0.1) is 0 Å². The third-order valence-electron chi connectivity index (χ3n) is 1.17. The predicted octanol–water partition coefficient (Wildman–Crippen LogP) is -0.657. The molecule has 0 amide bonds. The minimum Gasteiger partial charge on any atom is -0.396 e. The highest BCUT2D eigenvalue weighted by Gasteiger charge is 2.15. The van der Waals surface area contributed by atoms with Crippen molar-refractivity contribution in [3.8, 4) is 0 Å². The average Bonchev–Trinajstić information content (AvgIpc) is 1.90. The molecule has 1 unspecified atom stereocenters. The normalized spacial score (nSPS) is 14.3. The molecule has 1 atom stereocenters.